The Morgan fingerprint density at radius 3 is 2.70 bits per heavy atom. The van der Waals surface area contributed by atoms with E-state index in [1.165, 1.54) is 0 Å². The Kier molecular flexibility index (Phi) is 6.15. The zero-order chi connectivity index (χ0) is 17.0. The van der Waals surface area contributed by atoms with Gasteiger partial charge in [0.15, 0.2) is 0 Å². The number of halogens is 2. The van der Waals surface area contributed by atoms with E-state index in [0.29, 0.717) is 23.2 Å². The molecule has 0 unspecified atom stereocenters. The molecule has 4 nitrogen and oxygen atoms in total. The molecule has 2 rings (SSSR count). The fraction of sp³-hybridized carbons (Fsp3) is 0.529. The van der Waals surface area contributed by atoms with Crippen LogP contribution in [0.4, 0.5) is 4.79 Å². The predicted molar refractivity (Wildman–Crippen MR) is 90.5 cm³/mol. The molecular formula is C17H20Cl2N2O2. The van der Waals surface area contributed by atoms with Gasteiger partial charge in [-0.05, 0) is 36.0 Å². The largest absolute Gasteiger partial charge is 0.449 e. The molecule has 1 aromatic carbocycles. The lowest BCUT2D eigenvalue weighted by Crippen LogP contribution is -2.34. The van der Waals surface area contributed by atoms with Gasteiger partial charge in [-0.3, -0.25) is 0 Å². The number of carbonyl (C=O) groups excluding carboxylic acids is 1. The first-order valence-corrected chi connectivity index (χ1v) is 8.45. The molecule has 1 aromatic rings. The van der Waals surface area contributed by atoms with Crippen molar-refractivity contribution in [1.29, 1.82) is 5.26 Å². The van der Waals surface area contributed by atoms with Gasteiger partial charge in [0.25, 0.3) is 0 Å². The van der Waals surface area contributed by atoms with Gasteiger partial charge in [-0.25, -0.2) is 4.79 Å². The minimum Gasteiger partial charge on any atom is -0.449 e. The van der Waals surface area contributed by atoms with Crippen LogP contribution in [0.25, 0.3) is 0 Å². The molecule has 0 atom stereocenters. The van der Waals surface area contributed by atoms with E-state index in [-0.39, 0.29) is 24.5 Å². The third-order valence-electron chi connectivity index (χ3n) is 3.55. The van der Waals surface area contributed by atoms with Gasteiger partial charge in [-0.2, -0.15) is 5.26 Å². The first kappa shape index (κ1) is 17.9. The summed E-state index contributed by atoms with van der Waals surface area (Å²) in [7, 11) is 0. The molecule has 0 spiro atoms. The maximum atomic E-state index is 12.3. The summed E-state index contributed by atoms with van der Waals surface area (Å²) in [6.07, 6.45) is 1.88. The van der Waals surface area contributed by atoms with Crippen LogP contribution in [0.5, 0.6) is 0 Å². The Balaban J connectivity index is 2.17. The maximum absolute atomic E-state index is 12.3. The molecule has 1 aliphatic rings. The quantitative estimate of drug-likeness (QED) is 0.735. The van der Waals surface area contributed by atoms with Crippen molar-refractivity contribution in [3.8, 4) is 6.07 Å². The fourth-order valence-corrected chi connectivity index (χ4v) is 2.68. The molecule has 1 aliphatic carbocycles. The second-order valence-corrected chi connectivity index (χ2v) is 7.00. The molecule has 0 bridgehead atoms. The van der Waals surface area contributed by atoms with Crippen LogP contribution < -0.4 is 0 Å². The molecular weight excluding hydrogens is 335 g/mol. The molecule has 0 aromatic heterocycles. The molecule has 1 amide bonds. The van der Waals surface area contributed by atoms with Crippen molar-refractivity contribution in [3.63, 3.8) is 0 Å². The van der Waals surface area contributed by atoms with E-state index >= 15 is 0 Å². The highest BCUT2D eigenvalue weighted by Crippen LogP contribution is 2.33. The first-order valence-electron chi connectivity index (χ1n) is 7.69. The molecule has 1 saturated carbocycles. The second kappa shape index (κ2) is 7.90. The van der Waals surface area contributed by atoms with Gasteiger partial charge < -0.3 is 9.64 Å². The minimum absolute atomic E-state index is 0.198. The van der Waals surface area contributed by atoms with Gasteiger partial charge >= 0.3 is 6.09 Å². The molecule has 1 fully saturated rings. The molecule has 0 N–H and O–H groups in total. The van der Waals surface area contributed by atoms with Crippen LogP contribution in [0.15, 0.2) is 12.1 Å². The molecule has 0 radical (unpaired) electrons. The lowest BCUT2D eigenvalue weighted by atomic mass is 10.1. The summed E-state index contributed by atoms with van der Waals surface area (Å²) in [5, 5.41) is 9.68. The highest BCUT2D eigenvalue weighted by atomic mass is 35.5. The Labute approximate surface area is 146 Å². The summed E-state index contributed by atoms with van der Waals surface area (Å²) in [6.45, 7) is 4.73. The normalized spacial score (nSPS) is 13.7. The summed E-state index contributed by atoms with van der Waals surface area (Å²) in [5.74, 6) is 0.289. The van der Waals surface area contributed by atoms with Gasteiger partial charge in [0.2, 0.25) is 0 Å². The SMILES string of the molecule is CC(C)COC(=O)N(Cc1cc(CC#N)cc(Cl)c1Cl)C1CC1. The zero-order valence-electron chi connectivity index (χ0n) is 13.3. The number of hydrogen-bond donors (Lipinski definition) is 0. The van der Waals surface area contributed by atoms with Crippen LogP contribution in [0.3, 0.4) is 0 Å². The number of amides is 1. The van der Waals surface area contributed by atoms with Crippen molar-refractivity contribution in [2.75, 3.05) is 6.61 Å². The molecule has 6 heteroatoms. The van der Waals surface area contributed by atoms with Gasteiger partial charge in [0.1, 0.15) is 0 Å². The van der Waals surface area contributed by atoms with E-state index in [1.54, 1.807) is 11.0 Å². The monoisotopic (exact) mass is 354 g/mol. The number of hydrogen-bond acceptors (Lipinski definition) is 3. The van der Waals surface area contributed by atoms with Gasteiger partial charge in [-0.15, -0.1) is 0 Å². The van der Waals surface area contributed by atoms with Gasteiger partial charge in [0.05, 0.1) is 35.7 Å². The summed E-state index contributed by atoms with van der Waals surface area (Å²) >= 11 is 12.4. The van der Waals surface area contributed by atoms with Crippen LogP contribution in [-0.2, 0) is 17.7 Å². The van der Waals surface area contributed by atoms with E-state index in [1.807, 2.05) is 19.9 Å². The van der Waals surface area contributed by atoms with Crippen LogP contribution in [0.2, 0.25) is 10.0 Å². The molecule has 23 heavy (non-hydrogen) atoms. The topological polar surface area (TPSA) is 53.3 Å². The fourth-order valence-electron chi connectivity index (χ4n) is 2.25. The standard InChI is InChI=1S/C17H20Cl2N2O2/c1-11(2)10-23-17(22)21(14-3-4-14)9-13-7-12(5-6-20)8-15(18)16(13)19/h7-8,11,14H,3-5,9-10H2,1-2H3. The lowest BCUT2D eigenvalue weighted by Gasteiger charge is -2.23. The van der Waals surface area contributed by atoms with Crippen LogP contribution in [0, 0.1) is 17.2 Å². The average molecular weight is 355 g/mol. The molecule has 0 heterocycles. The van der Waals surface area contributed by atoms with E-state index in [0.717, 1.165) is 24.0 Å². The Morgan fingerprint density at radius 2 is 2.13 bits per heavy atom. The third-order valence-corrected chi connectivity index (χ3v) is 4.39. The highest BCUT2D eigenvalue weighted by Gasteiger charge is 2.34. The summed E-state index contributed by atoms with van der Waals surface area (Å²) < 4.78 is 5.35. The van der Waals surface area contributed by atoms with Crippen molar-refractivity contribution >= 4 is 29.3 Å². The van der Waals surface area contributed by atoms with Crippen molar-refractivity contribution in [2.24, 2.45) is 5.92 Å². The summed E-state index contributed by atoms with van der Waals surface area (Å²) in [6, 6.07) is 5.82. The average Bonchev–Trinajstić information content (AvgIpc) is 3.31. The Morgan fingerprint density at radius 1 is 1.43 bits per heavy atom. The van der Waals surface area contributed by atoms with Crippen molar-refractivity contribution in [2.45, 2.75) is 45.7 Å². The first-order chi connectivity index (χ1) is 10.9. The summed E-state index contributed by atoms with van der Waals surface area (Å²) in [5.41, 5.74) is 1.54. The van der Waals surface area contributed by atoms with Crippen LogP contribution >= 0.6 is 23.2 Å². The number of nitrogens with zero attached hydrogens (tertiary/aromatic N) is 2. The number of rotatable bonds is 6. The number of benzene rings is 1. The van der Waals surface area contributed by atoms with Crippen LogP contribution in [0.1, 0.15) is 37.8 Å². The van der Waals surface area contributed by atoms with E-state index < -0.39 is 0 Å². The number of carbonyl (C=O) groups is 1. The van der Waals surface area contributed by atoms with Crippen molar-refractivity contribution < 1.29 is 9.53 Å². The maximum Gasteiger partial charge on any atom is 0.410 e. The highest BCUT2D eigenvalue weighted by molar-refractivity contribution is 6.42. The second-order valence-electron chi connectivity index (χ2n) is 6.22. The third kappa shape index (κ3) is 5.02. The molecule has 124 valence electrons. The van der Waals surface area contributed by atoms with Crippen molar-refractivity contribution in [3.05, 3.63) is 33.3 Å². The van der Waals surface area contributed by atoms with Gasteiger partial charge in [-0.1, -0.05) is 43.1 Å². The minimum atomic E-state index is -0.320. The number of ether oxygens (including phenoxy) is 1. The zero-order valence-corrected chi connectivity index (χ0v) is 14.8. The van der Waals surface area contributed by atoms with Crippen molar-refractivity contribution in [1.82, 2.24) is 4.90 Å². The van der Waals surface area contributed by atoms with Gasteiger partial charge in [0, 0.05) is 6.04 Å². The molecule has 0 aliphatic heterocycles. The van der Waals surface area contributed by atoms with E-state index in [9.17, 15) is 4.79 Å². The predicted octanol–water partition coefficient (Wildman–Crippen LogP) is 4.82. The Bertz CT molecular complexity index is 622. The number of nitriles is 1. The summed E-state index contributed by atoms with van der Waals surface area (Å²) in [4.78, 5) is 14.0. The van der Waals surface area contributed by atoms with E-state index in [2.05, 4.69) is 6.07 Å². The smallest absolute Gasteiger partial charge is 0.410 e. The lowest BCUT2D eigenvalue weighted by molar-refractivity contribution is 0.0870. The molecule has 0 saturated heterocycles. The van der Waals surface area contributed by atoms with E-state index in [4.69, 9.17) is 33.2 Å². The Hall–Kier alpha value is -1.44. The van der Waals surface area contributed by atoms with Crippen LogP contribution in [-0.4, -0.2) is 23.6 Å².